The molecule has 2 saturated carbocycles. The first-order chi connectivity index (χ1) is 13.1. The number of alkyl halides is 1. The van der Waals surface area contributed by atoms with Crippen LogP contribution in [0.5, 0.6) is 0 Å². The average Bonchev–Trinajstić information content (AvgIpc) is 3.36. The number of carbonyl (C=O) groups is 2. The molecule has 6 rings (SSSR count). The van der Waals surface area contributed by atoms with Crippen LogP contribution in [0, 0.1) is 23.7 Å². The zero-order valence-corrected chi connectivity index (χ0v) is 15.8. The van der Waals surface area contributed by atoms with E-state index in [0.717, 1.165) is 28.4 Å². The second kappa shape index (κ2) is 5.35. The van der Waals surface area contributed by atoms with Crippen LogP contribution in [0.15, 0.2) is 46.9 Å². The maximum absolute atomic E-state index is 13.0. The molecule has 3 fully saturated rings. The fourth-order valence-corrected chi connectivity index (χ4v) is 6.40. The van der Waals surface area contributed by atoms with Crippen LogP contribution < -0.4 is 5.32 Å². The molecule has 0 spiro atoms. The third-order valence-electron chi connectivity index (χ3n) is 6.47. The number of fused-ring (bicyclic) bond motifs is 4. The molecule has 0 unspecified atom stereocenters. The number of furan rings is 1. The molecule has 5 nitrogen and oxygen atoms in total. The molecular formula is C21H16BrNO4. The van der Waals surface area contributed by atoms with Gasteiger partial charge in [0.15, 0.2) is 0 Å². The topological polar surface area (TPSA) is 68.5 Å². The zero-order chi connectivity index (χ0) is 18.3. The Morgan fingerprint density at radius 3 is 2.78 bits per heavy atom. The van der Waals surface area contributed by atoms with E-state index < -0.39 is 0 Å². The molecule has 1 N–H and O–H groups in total. The van der Waals surface area contributed by atoms with E-state index >= 15 is 0 Å². The fraction of sp³-hybridized carbons (Fsp3) is 0.333. The summed E-state index contributed by atoms with van der Waals surface area (Å²) in [4.78, 5) is 25.3. The van der Waals surface area contributed by atoms with E-state index in [1.807, 2.05) is 42.5 Å². The van der Waals surface area contributed by atoms with Crippen molar-refractivity contribution in [3.05, 3.63) is 42.5 Å². The number of rotatable bonds is 2. The van der Waals surface area contributed by atoms with Crippen LogP contribution in [0.3, 0.4) is 0 Å². The van der Waals surface area contributed by atoms with Gasteiger partial charge in [0, 0.05) is 28.4 Å². The molecule has 136 valence electrons. The number of para-hydroxylation sites is 1. The summed E-state index contributed by atoms with van der Waals surface area (Å²) in [6.45, 7) is 0. The van der Waals surface area contributed by atoms with Crippen LogP contribution in [0.2, 0.25) is 0 Å². The first-order valence-electron chi connectivity index (χ1n) is 9.18. The van der Waals surface area contributed by atoms with Gasteiger partial charge in [-0.15, -0.1) is 0 Å². The third-order valence-corrected chi connectivity index (χ3v) is 7.67. The predicted molar refractivity (Wildman–Crippen MR) is 104 cm³/mol. The number of carbonyl (C=O) groups excluding carboxylic acids is 2. The number of halogens is 1. The van der Waals surface area contributed by atoms with Gasteiger partial charge >= 0.3 is 5.97 Å². The molecule has 6 heteroatoms. The molecule has 2 bridgehead atoms. The van der Waals surface area contributed by atoms with Gasteiger partial charge in [-0.05, 0) is 30.5 Å². The zero-order valence-electron chi connectivity index (χ0n) is 14.2. The van der Waals surface area contributed by atoms with E-state index in [0.29, 0.717) is 5.69 Å². The summed E-state index contributed by atoms with van der Waals surface area (Å²) in [7, 11) is 0. The fourth-order valence-electron chi connectivity index (χ4n) is 5.36. The van der Waals surface area contributed by atoms with Gasteiger partial charge in [-0.25, -0.2) is 0 Å². The number of hydrogen-bond donors (Lipinski definition) is 1. The monoisotopic (exact) mass is 425 g/mol. The van der Waals surface area contributed by atoms with Crippen molar-refractivity contribution < 1.29 is 18.7 Å². The molecule has 1 aliphatic heterocycles. The summed E-state index contributed by atoms with van der Waals surface area (Å²) >= 11 is 3.65. The van der Waals surface area contributed by atoms with Crippen molar-refractivity contribution in [3.8, 4) is 0 Å². The summed E-state index contributed by atoms with van der Waals surface area (Å²) in [5.74, 6) is -0.653. The van der Waals surface area contributed by atoms with Gasteiger partial charge in [0.25, 0.3) is 0 Å². The van der Waals surface area contributed by atoms with Crippen LogP contribution in [0.25, 0.3) is 21.9 Å². The van der Waals surface area contributed by atoms with Crippen LogP contribution in [0.4, 0.5) is 5.69 Å². The quantitative estimate of drug-likeness (QED) is 0.495. The summed E-state index contributed by atoms with van der Waals surface area (Å²) in [6.07, 6.45) is 0.806. The van der Waals surface area contributed by atoms with Crippen molar-refractivity contribution >= 4 is 55.4 Å². The molecule has 1 aromatic heterocycles. The van der Waals surface area contributed by atoms with Crippen molar-refractivity contribution in [2.75, 3.05) is 5.32 Å². The number of hydrogen-bond acceptors (Lipinski definition) is 4. The standard InChI is InChI=1S/C21H16BrNO4/c22-18-12-8-13-17(21(25)27-19(13)18)16(12)20(24)23-9-5-6-11-10-3-1-2-4-14(10)26-15(11)7-9/h1-7,12-13,16-19H,8H2,(H,23,24)/t12-,13+,16-,17-,18+,19-/m0/s1. The Balaban J connectivity index is 1.32. The highest BCUT2D eigenvalue weighted by molar-refractivity contribution is 9.09. The van der Waals surface area contributed by atoms with E-state index in [2.05, 4.69) is 21.2 Å². The lowest BCUT2D eigenvalue weighted by Crippen LogP contribution is -2.40. The van der Waals surface area contributed by atoms with Crippen molar-refractivity contribution in [1.29, 1.82) is 0 Å². The van der Waals surface area contributed by atoms with E-state index in [-0.39, 0.29) is 46.5 Å². The summed E-state index contributed by atoms with van der Waals surface area (Å²) in [5, 5.41) is 5.08. The Hall–Kier alpha value is -2.34. The minimum Gasteiger partial charge on any atom is -0.461 e. The SMILES string of the molecule is O=C(Nc1ccc2c(c1)oc1ccccc12)[C@H]1[C@@H]2C[C@H]3[C@H](OC(=O)[C@@H]31)[C@@H]2Br. The normalized spacial score (nSPS) is 33.7. The maximum atomic E-state index is 13.0. The Morgan fingerprint density at radius 2 is 1.89 bits per heavy atom. The molecule has 2 aromatic carbocycles. The minimum absolute atomic E-state index is 0.0663. The van der Waals surface area contributed by atoms with Crippen LogP contribution >= 0.6 is 15.9 Å². The maximum Gasteiger partial charge on any atom is 0.310 e. The molecule has 1 amide bonds. The van der Waals surface area contributed by atoms with E-state index in [4.69, 9.17) is 9.15 Å². The lowest BCUT2D eigenvalue weighted by atomic mass is 9.79. The third kappa shape index (κ3) is 2.05. The Labute approximate surface area is 163 Å². The number of benzene rings is 2. The second-order valence-corrected chi connectivity index (χ2v) is 8.82. The summed E-state index contributed by atoms with van der Waals surface area (Å²) in [5.41, 5.74) is 2.25. The summed E-state index contributed by atoms with van der Waals surface area (Å²) < 4.78 is 11.4. The molecule has 3 aromatic rings. The van der Waals surface area contributed by atoms with Gasteiger partial charge in [-0.2, -0.15) is 0 Å². The molecule has 2 heterocycles. The molecule has 3 aliphatic rings. The summed E-state index contributed by atoms with van der Waals surface area (Å²) in [6, 6.07) is 13.6. The molecule has 1 saturated heterocycles. The molecule has 27 heavy (non-hydrogen) atoms. The number of anilines is 1. The van der Waals surface area contributed by atoms with E-state index in [1.165, 1.54) is 0 Å². The predicted octanol–water partition coefficient (Wildman–Crippen LogP) is 4.10. The first-order valence-corrected chi connectivity index (χ1v) is 10.1. The van der Waals surface area contributed by atoms with Gasteiger partial charge < -0.3 is 14.5 Å². The minimum atomic E-state index is -0.336. The molecule has 2 aliphatic carbocycles. The lowest BCUT2D eigenvalue weighted by molar-refractivity contribution is -0.145. The van der Waals surface area contributed by atoms with Crippen LogP contribution in [0.1, 0.15) is 6.42 Å². The number of amides is 1. The van der Waals surface area contributed by atoms with E-state index in [9.17, 15) is 9.59 Å². The van der Waals surface area contributed by atoms with Crippen molar-refractivity contribution in [2.24, 2.45) is 23.7 Å². The Kier molecular flexibility index (Phi) is 3.11. The van der Waals surface area contributed by atoms with Crippen molar-refractivity contribution in [3.63, 3.8) is 0 Å². The van der Waals surface area contributed by atoms with Gasteiger partial charge in [-0.1, -0.05) is 34.1 Å². The van der Waals surface area contributed by atoms with E-state index in [1.54, 1.807) is 0 Å². The van der Waals surface area contributed by atoms with Crippen LogP contribution in [-0.2, 0) is 14.3 Å². The Morgan fingerprint density at radius 1 is 1.07 bits per heavy atom. The molecule has 0 radical (unpaired) electrons. The largest absolute Gasteiger partial charge is 0.461 e. The Bertz CT molecular complexity index is 1120. The highest BCUT2D eigenvalue weighted by atomic mass is 79.9. The number of nitrogens with one attached hydrogen (secondary N) is 1. The van der Waals surface area contributed by atoms with Gasteiger partial charge in [-0.3, -0.25) is 9.59 Å². The highest BCUT2D eigenvalue weighted by Gasteiger charge is 2.67. The van der Waals surface area contributed by atoms with Crippen molar-refractivity contribution in [2.45, 2.75) is 17.4 Å². The number of esters is 1. The molecular weight excluding hydrogens is 410 g/mol. The van der Waals surface area contributed by atoms with Gasteiger partial charge in [0.2, 0.25) is 5.91 Å². The second-order valence-electron chi connectivity index (χ2n) is 7.76. The average molecular weight is 426 g/mol. The first kappa shape index (κ1) is 15.7. The van der Waals surface area contributed by atoms with Gasteiger partial charge in [0.05, 0.1) is 16.7 Å². The number of ether oxygens (including phenoxy) is 1. The van der Waals surface area contributed by atoms with Gasteiger partial charge in [0.1, 0.15) is 17.3 Å². The highest BCUT2D eigenvalue weighted by Crippen LogP contribution is 2.60. The smallest absolute Gasteiger partial charge is 0.310 e. The molecule has 6 atom stereocenters. The van der Waals surface area contributed by atoms with Crippen LogP contribution in [-0.4, -0.2) is 22.8 Å². The van der Waals surface area contributed by atoms with Crippen molar-refractivity contribution in [1.82, 2.24) is 0 Å². The lowest BCUT2D eigenvalue weighted by Gasteiger charge is -2.27.